The number of para-hydroxylation sites is 1. The summed E-state index contributed by atoms with van der Waals surface area (Å²) in [4.78, 5) is 2.48. The van der Waals surface area contributed by atoms with Crippen molar-refractivity contribution in [2.45, 2.75) is 5.41 Å². The van der Waals surface area contributed by atoms with Crippen LogP contribution < -0.4 is 4.90 Å². The predicted molar refractivity (Wildman–Crippen MR) is 285 cm³/mol. The Kier molecular flexibility index (Phi) is 9.33. The molecule has 0 atom stereocenters. The van der Waals surface area contributed by atoms with Crippen LogP contribution >= 0.6 is 11.3 Å². The first-order valence-electron chi connectivity index (χ1n) is 23.1. The molecule has 12 aromatic rings. The summed E-state index contributed by atoms with van der Waals surface area (Å²) in [6, 6.07) is 96.3. The average molecular weight is 870 g/mol. The quantitative estimate of drug-likeness (QED) is 0.147. The van der Waals surface area contributed by atoms with Gasteiger partial charge in [-0.1, -0.05) is 218 Å². The molecule has 1 aliphatic carbocycles. The molecule has 11 aromatic carbocycles. The van der Waals surface area contributed by atoms with E-state index in [1.807, 2.05) is 11.3 Å². The van der Waals surface area contributed by atoms with Crippen molar-refractivity contribution in [3.63, 3.8) is 0 Å². The molecule has 1 aromatic heterocycles. The van der Waals surface area contributed by atoms with Gasteiger partial charge in [0.05, 0.1) is 21.5 Å². The highest BCUT2D eigenvalue weighted by Crippen LogP contribution is 2.57. The highest BCUT2D eigenvalue weighted by Gasteiger charge is 2.46. The Morgan fingerprint density at radius 2 is 0.866 bits per heavy atom. The Labute approximate surface area is 395 Å². The lowest BCUT2D eigenvalue weighted by Gasteiger charge is -2.34. The SMILES string of the molecule is c1ccc(C2(c3ccccc3)c3ccccc3-c3ccc(-c4ccc(N(c5ccccc5-c5cccc(-c6cccc7ccccc67)c5)c5cccc6c5sc5ccccc56)cc4)cc32)cc1. The van der Waals surface area contributed by atoms with Crippen LogP contribution in [0, 0.1) is 0 Å². The Morgan fingerprint density at radius 1 is 0.313 bits per heavy atom. The summed E-state index contributed by atoms with van der Waals surface area (Å²) >= 11 is 1.87. The lowest BCUT2D eigenvalue weighted by Crippen LogP contribution is -2.28. The minimum absolute atomic E-state index is 0.460. The van der Waals surface area contributed by atoms with Gasteiger partial charge in [0.15, 0.2) is 0 Å². The lowest BCUT2D eigenvalue weighted by molar-refractivity contribution is 0.769. The molecule has 0 spiro atoms. The zero-order chi connectivity index (χ0) is 44.3. The third-order valence-electron chi connectivity index (χ3n) is 14.0. The minimum Gasteiger partial charge on any atom is -0.308 e. The second-order valence-electron chi connectivity index (χ2n) is 17.5. The largest absolute Gasteiger partial charge is 0.308 e. The molecular formula is C65H43NS. The van der Waals surface area contributed by atoms with E-state index in [-0.39, 0.29) is 0 Å². The van der Waals surface area contributed by atoms with Crippen LogP contribution in [-0.2, 0) is 5.41 Å². The third kappa shape index (κ3) is 6.29. The van der Waals surface area contributed by atoms with Gasteiger partial charge in [0.2, 0.25) is 0 Å². The fraction of sp³-hybridized carbons (Fsp3) is 0.0154. The Morgan fingerprint density at radius 3 is 1.67 bits per heavy atom. The first kappa shape index (κ1) is 39.1. The standard InChI is InChI=1S/C65H43NS/c1-3-22-49(23-4-1)65(50-24-5-2-6-25-50)59-32-12-9-28-55(59)56-41-38-46(43-60(56)65)44-36-39-51(40-37-44)66(62-34-17-31-58-57-29-11-14-35-63(57)67-64(58)62)61-33-13-10-27-54(61)48-21-15-20-47(42-48)53-30-16-19-45-18-7-8-26-52(45)53/h1-43H. The number of thiophene rings is 1. The van der Waals surface area contributed by atoms with E-state index < -0.39 is 5.41 Å². The molecule has 0 amide bonds. The van der Waals surface area contributed by atoms with Crippen LogP contribution in [0.3, 0.4) is 0 Å². The van der Waals surface area contributed by atoms with Crippen molar-refractivity contribution in [1.29, 1.82) is 0 Å². The van der Waals surface area contributed by atoms with Crippen molar-refractivity contribution < 1.29 is 0 Å². The van der Waals surface area contributed by atoms with Gasteiger partial charge in [0.1, 0.15) is 0 Å². The number of rotatable bonds is 8. The van der Waals surface area contributed by atoms with Gasteiger partial charge in [-0.2, -0.15) is 0 Å². The number of benzene rings is 11. The molecule has 0 fully saturated rings. The van der Waals surface area contributed by atoms with Gasteiger partial charge in [-0.05, 0) is 114 Å². The van der Waals surface area contributed by atoms with Crippen molar-refractivity contribution in [3.05, 3.63) is 283 Å². The Hall–Kier alpha value is -8.30. The van der Waals surface area contributed by atoms with E-state index in [0.717, 1.165) is 17.1 Å². The van der Waals surface area contributed by atoms with Crippen LogP contribution in [0.15, 0.2) is 261 Å². The third-order valence-corrected chi connectivity index (χ3v) is 15.2. The Balaban J connectivity index is 0.973. The number of hydrogen-bond donors (Lipinski definition) is 0. The van der Waals surface area contributed by atoms with Gasteiger partial charge < -0.3 is 4.90 Å². The zero-order valence-electron chi connectivity index (χ0n) is 36.7. The molecule has 0 radical (unpaired) electrons. The second kappa shape index (κ2) is 16.0. The normalized spacial score (nSPS) is 12.6. The zero-order valence-corrected chi connectivity index (χ0v) is 37.5. The smallest absolute Gasteiger partial charge is 0.0713 e. The second-order valence-corrected chi connectivity index (χ2v) is 18.6. The number of nitrogens with zero attached hydrogens (tertiary/aromatic N) is 1. The number of hydrogen-bond acceptors (Lipinski definition) is 2. The van der Waals surface area contributed by atoms with Gasteiger partial charge in [0, 0.05) is 26.7 Å². The molecule has 2 heteroatoms. The molecule has 1 heterocycles. The highest BCUT2D eigenvalue weighted by molar-refractivity contribution is 7.26. The fourth-order valence-corrected chi connectivity index (χ4v) is 12.2. The molecule has 0 N–H and O–H groups in total. The molecule has 1 aliphatic rings. The summed E-state index contributed by atoms with van der Waals surface area (Å²) in [5.41, 5.74) is 17.8. The topological polar surface area (TPSA) is 3.24 Å². The van der Waals surface area contributed by atoms with Gasteiger partial charge in [-0.25, -0.2) is 0 Å². The van der Waals surface area contributed by atoms with Crippen molar-refractivity contribution in [2.24, 2.45) is 0 Å². The molecule has 0 aliphatic heterocycles. The van der Waals surface area contributed by atoms with Crippen LogP contribution in [0.2, 0.25) is 0 Å². The molecule has 0 saturated carbocycles. The van der Waals surface area contributed by atoms with E-state index in [2.05, 4.69) is 266 Å². The molecule has 0 bridgehead atoms. The van der Waals surface area contributed by atoms with E-state index in [4.69, 9.17) is 0 Å². The molecule has 0 saturated heterocycles. The van der Waals surface area contributed by atoms with E-state index in [1.165, 1.54) is 97.7 Å². The first-order valence-corrected chi connectivity index (χ1v) is 23.9. The van der Waals surface area contributed by atoms with Crippen LogP contribution in [0.25, 0.3) is 75.5 Å². The molecular weight excluding hydrogens is 827 g/mol. The van der Waals surface area contributed by atoms with Crippen molar-refractivity contribution in [2.75, 3.05) is 4.90 Å². The van der Waals surface area contributed by atoms with Crippen LogP contribution in [0.5, 0.6) is 0 Å². The molecule has 13 rings (SSSR count). The lowest BCUT2D eigenvalue weighted by atomic mass is 9.67. The monoisotopic (exact) mass is 869 g/mol. The molecule has 314 valence electrons. The molecule has 0 unspecified atom stereocenters. The fourth-order valence-electron chi connectivity index (χ4n) is 11.0. The average Bonchev–Trinajstić information content (AvgIpc) is 3.94. The molecule has 1 nitrogen and oxygen atoms in total. The Bertz CT molecular complexity index is 3760. The predicted octanol–water partition coefficient (Wildman–Crippen LogP) is 18.0. The van der Waals surface area contributed by atoms with Crippen LogP contribution in [-0.4, -0.2) is 0 Å². The van der Waals surface area contributed by atoms with E-state index >= 15 is 0 Å². The van der Waals surface area contributed by atoms with E-state index in [1.54, 1.807) is 0 Å². The van der Waals surface area contributed by atoms with Crippen molar-refractivity contribution in [1.82, 2.24) is 0 Å². The summed E-state index contributed by atoms with van der Waals surface area (Å²) < 4.78 is 2.56. The highest BCUT2D eigenvalue weighted by atomic mass is 32.1. The summed E-state index contributed by atoms with van der Waals surface area (Å²) in [5, 5.41) is 5.06. The minimum atomic E-state index is -0.460. The van der Waals surface area contributed by atoms with E-state index in [9.17, 15) is 0 Å². The van der Waals surface area contributed by atoms with Crippen molar-refractivity contribution >= 4 is 59.3 Å². The van der Waals surface area contributed by atoms with Gasteiger partial charge >= 0.3 is 0 Å². The van der Waals surface area contributed by atoms with Gasteiger partial charge in [-0.3, -0.25) is 0 Å². The summed E-state index contributed by atoms with van der Waals surface area (Å²) in [7, 11) is 0. The van der Waals surface area contributed by atoms with Gasteiger partial charge in [-0.15, -0.1) is 11.3 Å². The summed E-state index contributed by atoms with van der Waals surface area (Å²) in [6.45, 7) is 0. The maximum Gasteiger partial charge on any atom is 0.0713 e. The first-order chi connectivity index (χ1) is 33.2. The summed E-state index contributed by atoms with van der Waals surface area (Å²) in [6.07, 6.45) is 0. The maximum absolute atomic E-state index is 2.48. The van der Waals surface area contributed by atoms with Crippen LogP contribution in [0.4, 0.5) is 17.1 Å². The number of fused-ring (bicyclic) bond motifs is 7. The van der Waals surface area contributed by atoms with Crippen molar-refractivity contribution in [3.8, 4) is 44.5 Å². The van der Waals surface area contributed by atoms with E-state index in [0.29, 0.717) is 0 Å². The van der Waals surface area contributed by atoms with Crippen LogP contribution in [0.1, 0.15) is 22.3 Å². The molecule has 67 heavy (non-hydrogen) atoms. The maximum atomic E-state index is 2.48. The van der Waals surface area contributed by atoms with Gasteiger partial charge in [0.25, 0.3) is 0 Å². The number of anilines is 3. The summed E-state index contributed by atoms with van der Waals surface area (Å²) in [5.74, 6) is 0.